The molecule has 2 aliphatic rings. The van der Waals surface area contributed by atoms with Crippen molar-refractivity contribution in [2.75, 3.05) is 18.6 Å². The van der Waals surface area contributed by atoms with Gasteiger partial charge in [0.25, 0.3) is 11.8 Å². The van der Waals surface area contributed by atoms with Crippen LogP contribution in [-0.2, 0) is 25.8 Å². The lowest BCUT2D eigenvalue weighted by Gasteiger charge is -2.50. The van der Waals surface area contributed by atoms with Gasteiger partial charge in [0.05, 0.1) is 23.6 Å². The molecule has 1 unspecified atom stereocenters. The van der Waals surface area contributed by atoms with Crippen molar-refractivity contribution in [1.82, 2.24) is 25.4 Å². The Morgan fingerprint density at radius 3 is 2.94 bits per heavy atom. The second kappa shape index (κ2) is 8.90. The number of carbonyl (C=O) groups excluding carboxylic acids is 3. The molecule has 0 radical (unpaired) electrons. The van der Waals surface area contributed by atoms with Crippen molar-refractivity contribution >= 4 is 41.1 Å². The van der Waals surface area contributed by atoms with Gasteiger partial charge in [-0.2, -0.15) is 9.67 Å². The first kappa shape index (κ1) is 22.3. The van der Waals surface area contributed by atoms with Crippen LogP contribution in [0.4, 0.5) is 5.82 Å². The van der Waals surface area contributed by atoms with E-state index in [1.165, 1.54) is 24.9 Å². The molecule has 14 heteroatoms. The van der Waals surface area contributed by atoms with Gasteiger partial charge >= 0.3 is 0 Å². The van der Waals surface area contributed by atoms with E-state index in [4.69, 9.17) is 10.6 Å². The molecule has 4 heterocycles. The van der Waals surface area contributed by atoms with Crippen molar-refractivity contribution in [3.8, 4) is 0 Å². The number of carboxylic acid groups (broad SMARTS) is 1. The van der Waals surface area contributed by atoms with Gasteiger partial charge in [0.15, 0.2) is 24.7 Å². The molecule has 33 heavy (non-hydrogen) atoms. The minimum absolute atomic E-state index is 0.147. The van der Waals surface area contributed by atoms with Crippen LogP contribution in [0.25, 0.3) is 0 Å². The summed E-state index contributed by atoms with van der Waals surface area (Å²) in [5.74, 6) is -2.22. The van der Waals surface area contributed by atoms with Crippen LogP contribution in [0, 0.1) is 6.92 Å². The zero-order valence-electron chi connectivity index (χ0n) is 17.6. The smallest absolute Gasteiger partial charge is 0.276 e. The summed E-state index contributed by atoms with van der Waals surface area (Å²) in [6.45, 7) is 2.08. The number of oxime groups is 1. The second-order valence-electron chi connectivity index (χ2n) is 7.30. The van der Waals surface area contributed by atoms with Gasteiger partial charge in [-0.1, -0.05) is 5.16 Å². The molecule has 2 aliphatic heterocycles. The van der Waals surface area contributed by atoms with Gasteiger partial charge in [-0.05, 0) is 6.92 Å². The monoisotopic (exact) mass is 472 g/mol. The maximum atomic E-state index is 12.9. The maximum absolute atomic E-state index is 12.9. The number of aromatic amines is 1. The Bertz CT molecular complexity index is 1190. The molecule has 172 valence electrons. The number of nitrogens with two attached hydrogens (primary N) is 1. The number of nitrogens with zero attached hydrogens (tertiary/aromatic N) is 5. The minimum Gasteiger partial charge on any atom is -0.543 e. The number of aromatic nitrogens is 4. The lowest BCUT2D eigenvalue weighted by atomic mass is 10.0. The third-order valence-corrected chi connectivity index (χ3v) is 6.38. The fraction of sp³-hybridized carbons (Fsp3) is 0.316. The molecule has 13 nitrogen and oxygen atoms in total. The van der Waals surface area contributed by atoms with E-state index in [1.807, 2.05) is 6.92 Å². The Hall–Kier alpha value is -3.94. The highest BCUT2D eigenvalue weighted by molar-refractivity contribution is 8.00. The van der Waals surface area contributed by atoms with E-state index < -0.39 is 29.2 Å². The number of aryl methyl sites for hydroxylation is 1. The Morgan fingerprint density at radius 2 is 2.30 bits per heavy atom. The number of rotatable bonds is 7. The molecule has 0 bridgehead atoms. The number of amides is 2. The number of β-lactam (4-membered cyclic amide) rings is 1. The second-order valence-corrected chi connectivity index (χ2v) is 8.40. The van der Waals surface area contributed by atoms with Crippen molar-refractivity contribution in [3.05, 3.63) is 47.3 Å². The summed E-state index contributed by atoms with van der Waals surface area (Å²) in [4.78, 5) is 47.6. The fourth-order valence-electron chi connectivity index (χ4n) is 3.64. The lowest BCUT2D eigenvalue weighted by Crippen LogP contribution is -2.71. The third kappa shape index (κ3) is 4.24. The van der Waals surface area contributed by atoms with E-state index in [0.29, 0.717) is 11.3 Å². The van der Waals surface area contributed by atoms with Gasteiger partial charge in [0.2, 0.25) is 0 Å². The van der Waals surface area contributed by atoms with Crippen LogP contribution in [-0.4, -0.2) is 67.9 Å². The predicted molar refractivity (Wildman–Crippen MR) is 113 cm³/mol. The quantitative estimate of drug-likeness (QED) is 0.169. The normalized spacial score (nSPS) is 20.2. The van der Waals surface area contributed by atoms with E-state index in [9.17, 15) is 19.5 Å². The Balaban J connectivity index is 1.54. The zero-order chi connectivity index (χ0) is 23.7. The van der Waals surface area contributed by atoms with Crippen LogP contribution in [0.3, 0.4) is 0 Å². The molecule has 4 N–H and O–H groups in total. The molecule has 2 atom stereocenters. The highest BCUT2D eigenvalue weighted by atomic mass is 32.2. The molecule has 4 rings (SSSR count). The molecule has 1 saturated heterocycles. The highest BCUT2D eigenvalue weighted by Crippen LogP contribution is 2.40. The fourth-order valence-corrected chi connectivity index (χ4v) is 4.97. The van der Waals surface area contributed by atoms with Gasteiger partial charge in [-0.25, -0.2) is 4.98 Å². The summed E-state index contributed by atoms with van der Waals surface area (Å²) in [6, 6.07) is 0.445. The minimum atomic E-state index is -1.45. The van der Waals surface area contributed by atoms with Crippen LogP contribution < -0.4 is 20.7 Å². The molecule has 2 amide bonds. The standard InChI is InChI=1S/C19H20N8O5S/c1-9-6-26(4-3-21-9)7-10-8-33-18-14(17(29)27(18)15(10)19(30)31)22-16(28)13(25-32-2)11-5-12(20)24-23-11/h3-6,14,18,20-21H,7-8H2,1-2H3,(H2,22,28,30,31)/b25-13-/t14?,18-/m1/s1. The first-order valence-corrected chi connectivity index (χ1v) is 10.8. The molecular weight excluding hydrogens is 452 g/mol. The van der Waals surface area contributed by atoms with Crippen LogP contribution in [0.15, 0.2) is 41.1 Å². The number of anilines is 1. The summed E-state index contributed by atoms with van der Waals surface area (Å²) in [6.07, 6.45) is 5.10. The van der Waals surface area contributed by atoms with Crippen LogP contribution in [0.1, 0.15) is 11.4 Å². The average Bonchev–Trinajstić information content (AvgIpc) is 3.21. The Labute approximate surface area is 191 Å². The van der Waals surface area contributed by atoms with E-state index in [2.05, 4.69) is 25.7 Å². The molecule has 0 saturated carbocycles. The molecule has 2 aromatic rings. The van der Waals surface area contributed by atoms with Crippen molar-refractivity contribution < 1.29 is 28.9 Å². The van der Waals surface area contributed by atoms with Gasteiger partial charge in [-0.3, -0.25) is 19.6 Å². The van der Waals surface area contributed by atoms with Crippen LogP contribution in [0.2, 0.25) is 0 Å². The average molecular weight is 472 g/mol. The SMILES string of the molecule is CO/N=C(\C(=O)NC1C(=O)N2C(C(=O)[O-])=C(C[n+]3ccnc(C)c3)CS[C@H]12)c1cc(N)n[nH]1. The molecule has 2 aromatic heterocycles. The first-order chi connectivity index (χ1) is 15.8. The van der Waals surface area contributed by atoms with Gasteiger partial charge in [0.1, 0.15) is 30.0 Å². The van der Waals surface area contributed by atoms with Gasteiger partial charge in [-0.15, -0.1) is 11.8 Å². The third-order valence-electron chi connectivity index (χ3n) is 5.04. The number of carboxylic acids is 1. The summed E-state index contributed by atoms with van der Waals surface area (Å²) >= 11 is 1.35. The summed E-state index contributed by atoms with van der Waals surface area (Å²) in [5.41, 5.74) is 6.74. The predicted octanol–water partition coefficient (Wildman–Crippen LogP) is -2.56. The number of nitrogens with one attached hydrogen (secondary N) is 2. The molecular formula is C19H20N8O5S. The van der Waals surface area contributed by atoms with Crippen LogP contribution in [0.5, 0.6) is 0 Å². The van der Waals surface area contributed by atoms with Crippen molar-refractivity contribution in [2.45, 2.75) is 24.9 Å². The van der Waals surface area contributed by atoms with Crippen LogP contribution >= 0.6 is 11.8 Å². The molecule has 0 aromatic carbocycles. The number of H-pyrrole nitrogens is 1. The summed E-state index contributed by atoms with van der Waals surface area (Å²) in [5, 5.41) is 23.9. The number of carbonyl (C=O) groups is 3. The van der Waals surface area contributed by atoms with E-state index in [-0.39, 0.29) is 29.5 Å². The summed E-state index contributed by atoms with van der Waals surface area (Å²) in [7, 11) is 1.26. The van der Waals surface area contributed by atoms with Crippen molar-refractivity contribution in [2.24, 2.45) is 5.16 Å². The van der Waals surface area contributed by atoms with E-state index in [1.54, 1.807) is 23.2 Å². The Kier molecular flexibility index (Phi) is 6.00. The molecule has 0 aliphatic carbocycles. The Morgan fingerprint density at radius 1 is 1.52 bits per heavy atom. The number of hydrogen-bond donors (Lipinski definition) is 3. The number of nitrogen functional groups attached to an aromatic ring is 1. The maximum Gasteiger partial charge on any atom is 0.276 e. The number of aliphatic carboxylic acids is 1. The highest BCUT2D eigenvalue weighted by Gasteiger charge is 2.53. The largest absolute Gasteiger partial charge is 0.543 e. The van der Waals surface area contributed by atoms with Crippen molar-refractivity contribution in [3.63, 3.8) is 0 Å². The zero-order valence-corrected chi connectivity index (χ0v) is 18.5. The lowest BCUT2D eigenvalue weighted by molar-refractivity contribution is -0.689. The van der Waals surface area contributed by atoms with Gasteiger partial charge < -0.3 is 25.8 Å². The topological polar surface area (TPSA) is 183 Å². The number of thioether (sulfide) groups is 1. The number of hydrogen-bond acceptors (Lipinski definition) is 10. The first-order valence-electron chi connectivity index (χ1n) is 9.73. The van der Waals surface area contributed by atoms with Crippen molar-refractivity contribution in [1.29, 1.82) is 0 Å². The van der Waals surface area contributed by atoms with E-state index in [0.717, 1.165) is 10.6 Å². The molecule has 1 fully saturated rings. The van der Waals surface area contributed by atoms with E-state index >= 15 is 0 Å². The number of fused-ring (bicyclic) bond motifs is 1. The molecule has 0 spiro atoms. The summed E-state index contributed by atoms with van der Waals surface area (Å²) < 4.78 is 1.79. The van der Waals surface area contributed by atoms with Gasteiger partial charge in [0, 0.05) is 17.4 Å².